The number of allylic oxidation sites excluding steroid dienone is 1. The van der Waals surface area contributed by atoms with E-state index in [0.717, 1.165) is 38.5 Å². The third kappa shape index (κ3) is 36.9. The lowest BCUT2D eigenvalue weighted by Gasteiger charge is -2.40. The van der Waals surface area contributed by atoms with Crippen molar-refractivity contribution in [2.45, 2.75) is 333 Å². The minimum absolute atomic E-state index is 0.170. The summed E-state index contributed by atoms with van der Waals surface area (Å²) < 4.78 is 11.3. The maximum absolute atomic E-state index is 13.0. The van der Waals surface area contributed by atoms with Gasteiger partial charge in [0.1, 0.15) is 24.4 Å². The molecule has 1 saturated heterocycles. The maximum atomic E-state index is 13.0. The van der Waals surface area contributed by atoms with Gasteiger partial charge in [-0.15, -0.1) is 0 Å². The van der Waals surface area contributed by atoms with E-state index in [1.54, 1.807) is 6.08 Å². The first-order valence-electron chi connectivity index (χ1n) is 28.9. The van der Waals surface area contributed by atoms with Crippen LogP contribution in [0.2, 0.25) is 0 Å². The van der Waals surface area contributed by atoms with Crippen molar-refractivity contribution < 1.29 is 39.8 Å². The average Bonchev–Trinajstić information content (AvgIpc) is 3.32. The number of nitrogens with one attached hydrogen (secondary N) is 1. The number of carbonyl (C=O) groups excluding carboxylic acids is 1. The molecule has 9 nitrogen and oxygen atoms in total. The van der Waals surface area contributed by atoms with Gasteiger partial charge in [-0.3, -0.25) is 4.79 Å². The van der Waals surface area contributed by atoms with Crippen molar-refractivity contribution in [3.05, 3.63) is 12.2 Å². The molecule has 0 spiro atoms. The van der Waals surface area contributed by atoms with Gasteiger partial charge in [-0.2, -0.15) is 0 Å². The van der Waals surface area contributed by atoms with Crippen LogP contribution in [0.4, 0.5) is 0 Å². The summed E-state index contributed by atoms with van der Waals surface area (Å²) in [6, 6.07) is -0.800. The fourth-order valence-electron chi connectivity index (χ4n) is 9.51. The fourth-order valence-corrected chi connectivity index (χ4v) is 9.51. The van der Waals surface area contributed by atoms with Crippen LogP contribution in [0.1, 0.15) is 290 Å². The van der Waals surface area contributed by atoms with Crippen molar-refractivity contribution in [1.82, 2.24) is 5.32 Å². The van der Waals surface area contributed by atoms with E-state index in [1.807, 2.05) is 6.08 Å². The molecule has 1 fully saturated rings. The Labute approximate surface area is 407 Å². The van der Waals surface area contributed by atoms with Crippen molar-refractivity contribution in [2.24, 2.45) is 0 Å². The molecule has 9 heteroatoms. The molecule has 1 aliphatic heterocycles. The highest BCUT2D eigenvalue weighted by Crippen LogP contribution is 2.23. The molecule has 392 valence electrons. The number of amides is 1. The van der Waals surface area contributed by atoms with Crippen molar-refractivity contribution >= 4 is 5.91 Å². The standard InChI is InChI=1S/C57H111NO8/c1-3-5-7-9-11-13-15-17-19-21-22-23-24-25-26-27-28-29-31-33-35-37-39-41-43-45-47-53(61)58-50(49-65-57-56(64)55(63)54(62)52(48-59)66-57)51(60)46-44-42-40-38-36-34-32-30-20-18-16-14-12-10-8-6-4-2/h44,46,50-52,54-57,59-60,62-64H,3-43,45,47-49H2,1-2H3,(H,58,61)/b46-44+/t50-,51+,52+,54+,55?,56?,57+/m0/s1. The molecular weight excluding hydrogens is 827 g/mol. The lowest BCUT2D eigenvalue weighted by atomic mass is 9.99. The van der Waals surface area contributed by atoms with E-state index in [9.17, 15) is 30.3 Å². The second-order valence-corrected chi connectivity index (χ2v) is 20.5. The summed E-state index contributed by atoms with van der Waals surface area (Å²) >= 11 is 0. The summed E-state index contributed by atoms with van der Waals surface area (Å²) in [6.45, 7) is 3.82. The molecule has 66 heavy (non-hydrogen) atoms. The van der Waals surface area contributed by atoms with Gasteiger partial charge in [0.25, 0.3) is 0 Å². The molecule has 0 saturated carbocycles. The van der Waals surface area contributed by atoms with Crippen LogP contribution in [0, 0.1) is 0 Å². The van der Waals surface area contributed by atoms with E-state index >= 15 is 0 Å². The Hall–Kier alpha value is -1.07. The van der Waals surface area contributed by atoms with E-state index in [2.05, 4.69) is 19.2 Å². The van der Waals surface area contributed by atoms with E-state index in [0.29, 0.717) is 6.42 Å². The molecular formula is C57H111NO8. The smallest absolute Gasteiger partial charge is 0.220 e. The first-order valence-corrected chi connectivity index (χ1v) is 28.9. The lowest BCUT2D eigenvalue weighted by molar-refractivity contribution is -0.302. The first kappa shape index (κ1) is 62.9. The largest absolute Gasteiger partial charge is 0.394 e. The Kier molecular flexibility index (Phi) is 45.4. The molecule has 0 aliphatic carbocycles. The Bertz CT molecular complexity index is 1040. The van der Waals surface area contributed by atoms with Crippen LogP contribution >= 0.6 is 0 Å². The number of carbonyl (C=O) groups is 1. The number of hydrogen-bond donors (Lipinski definition) is 6. The van der Waals surface area contributed by atoms with Crippen molar-refractivity contribution in [3.63, 3.8) is 0 Å². The van der Waals surface area contributed by atoms with Crippen LogP contribution in [0.3, 0.4) is 0 Å². The van der Waals surface area contributed by atoms with E-state index < -0.39 is 49.5 Å². The van der Waals surface area contributed by atoms with Gasteiger partial charge in [0.05, 0.1) is 25.4 Å². The number of aliphatic hydroxyl groups is 5. The molecule has 0 aromatic carbocycles. The number of unbranched alkanes of at least 4 members (excludes halogenated alkanes) is 40. The van der Waals surface area contributed by atoms with Gasteiger partial charge in [0.15, 0.2) is 6.29 Å². The van der Waals surface area contributed by atoms with Gasteiger partial charge >= 0.3 is 0 Å². The fraction of sp³-hybridized carbons (Fsp3) is 0.947. The first-order chi connectivity index (χ1) is 32.3. The predicted molar refractivity (Wildman–Crippen MR) is 277 cm³/mol. The number of hydrogen-bond acceptors (Lipinski definition) is 8. The minimum Gasteiger partial charge on any atom is -0.394 e. The van der Waals surface area contributed by atoms with Crippen molar-refractivity contribution in [2.75, 3.05) is 13.2 Å². The van der Waals surface area contributed by atoms with Crippen LogP contribution in [0.15, 0.2) is 12.2 Å². The number of rotatable bonds is 50. The molecule has 0 bridgehead atoms. The van der Waals surface area contributed by atoms with Gasteiger partial charge in [-0.05, 0) is 19.3 Å². The highest BCUT2D eigenvalue weighted by molar-refractivity contribution is 5.76. The highest BCUT2D eigenvalue weighted by Gasteiger charge is 2.44. The molecule has 1 heterocycles. The lowest BCUT2D eigenvalue weighted by Crippen LogP contribution is -2.60. The Morgan fingerprint density at radius 3 is 1.18 bits per heavy atom. The second-order valence-electron chi connectivity index (χ2n) is 20.5. The maximum Gasteiger partial charge on any atom is 0.220 e. The van der Waals surface area contributed by atoms with Gasteiger partial charge < -0.3 is 40.3 Å². The van der Waals surface area contributed by atoms with Crippen molar-refractivity contribution in [3.8, 4) is 0 Å². The monoisotopic (exact) mass is 938 g/mol. The number of aliphatic hydroxyl groups excluding tert-OH is 5. The van der Waals surface area contributed by atoms with E-state index in [1.165, 1.54) is 231 Å². The zero-order valence-electron chi connectivity index (χ0n) is 43.5. The number of ether oxygens (including phenoxy) is 2. The zero-order valence-corrected chi connectivity index (χ0v) is 43.5. The van der Waals surface area contributed by atoms with Crippen molar-refractivity contribution in [1.29, 1.82) is 0 Å². The summed E-state index contributed by atoms with van der Waals surface area (Å²) in [7, 11) is 0. The van der Waals surface area contributed by atoms with Gasteiger partial charge in [-0.1, -0.05) is 276 Å². The second kappa shape index (κ2) is 47.6. The van der Waals surface area contributed by atoms with Crippen LogP contribution in [-0.4, -0.2) is 87.5 Å². The molecule has 2 unspecified atom stereocenters. The van der Waals surface area contributed by atoms with Gasteiger partial charge in [-0.25, -0.2) is 0 Å². The molecule has 6 N–H and O–H groups in total. The molecule has 1 amide bonds. The van der Waals surface area contributed by atoms with Crippen LogP contribution in [0.5, 0.6) is 0 Å². The normalized spacial score (nSPS) is 19.8. The predicted octanol–water partition coefficient (Wildman–Crippen LogP) is 14.0. The highest BCUT2D eigenvalue weighted by atomic mass is 16.7. The van der Waals surface area contributed by atoms with Gasteiger partial charge in [0, 0.05) is 6.42 Å². The molecule has 0 radical (unpaired) electrons. The topological polar surface area (TPSA) is 149 Å². The average molecular weight is 939 g/mol. The Morgan fingerprint density at radius 2 is 0.833 bits per heavy atom. The molecule has 0 aromatic heterocycles. The van der Waals surface area contributed by atoms with E-state index in [4.69, 9.17) is 9.47 Å². The zero-order chi connectivity index (χ0) is 48.0. The Balaban J connectivity index is 2.19. The molecule has 7 atom stereocenters. The SMILES string of the molecule is CCCCCCCCCCCCCCCCC/C=C/[C@@H](O)[C@H](CO[C@@H]1O[C@H](CO)[C@@H](O)C(O)C1O)NC(=O)CCCCCCCCCCCCCCCCCCCCCCCCCCCC. The van der Waals surface area contributed by atoms with Crippen LogP contribution < -0.4 is 5.32 Å². The molecule has 1 rings (SSSR count). The van der Waals surface area contributed by atoms with Gasteiger partial charge in [0.2, 0.25) is 5.91 Å². The summed E-state index contributed by atoms with van der Waals surface area (Å²) in [6.07, 6.45) is 51.4. The third-order valence-corrected chi connectivity index (χ3v) is 14.1. The molecule has 1 aliphatic rings. The quantitative estimate of drug-likeness (QED) is 0.0261. The summed E-state index contributed by atoms with van der Waals surface area (Å²) in [5.41, 5.74) is 0. The van der Waals surface area contributed by atoms with Crippen LogP contribution in [0.25, 0.3) is 0 Å². The summed E-state index contributed by atoms with van der Waals surface area (Å²) in [5.74, 6) is -0.170. The summed E-state index contributed by atoms with van der Waals surface area (Å²) in [5, 5.41) is 54.5. The molecule has 0 aromatic rings. The summed E-state index contributed by atoms with van der Waals surface area (Å²) in [4.78, 5) is 13.0. The Morgan fingerprint density at radius 1 is 0.500 bits per heavy atom. The third-order valence-electron chi connectivity index (χ3n) is 14.1. The van der Waals surface area contributed by atoms with E-state index in [-0.39, 0.29) is 12.5 Å². The van der Waals surface area contributed by atoms with Crippen LogP contribution in [-0.2, 0) is 14.3 Å². The minimum atomic E-state index is -1.56.